The monoisotopic (exact) mass is 436 g/mol. The summed E-state index contributed by atoms with van der Waals surface area (Å²) in [6, 6.07) is 14.7. The summed E-state index contributed by atoms with van der Waals surface area (Å²) in [5, 5.41) is 3.18. The number of rotatable bonds is 3. The molecule has 30 heavy (non-hydrogen) atoms. The Bertz CT molecular complexity index is 952. The highest BCUT2D eigenvalue weighted by atomic mass is 32.2. The Kier molecular flexibility index (Phi) is 5.75. The number of ether oxygens (including phenoxy) is 2. The van der Waals surface area contributed by atoms with Crippen LogP contribution in [0.1, 0.15) is 22.3 Å². The van der Waals surface area contributed by atoms with Crippen molar-refractivity contribution in [3.63, 3.8) is 0 Å². The SMILES string of the molecule is O=C(NC1=N[C@@]2(c3ccccc3OC(F)(F)F)CCOCC2CS1)c1ccccc1. The van der Waals surface area contributed by atoms with Crippen LogP contribution in [0.25, 0.3) is 0 Å². The first kappa shape index (κ1) is 20.7. The second kappa shape index (κ2) is 8.31. The van der Waals surface area contributed by atoms with Crippen molar-refractivity contribution < 1.29 is 27.4 Å². The fraction of sp³-hybridized carbons (Fsp3) is 0.333. The highest BCUT2D eigenvalue weighted by molar-refractivity contribution is 8.13. The zero-order valence-corrected chi connectivity index (χ0v) is 16.6. The average molecular weight is 436 g/mol. The molecule has 0 aromatic heterocycles. The minimum Gasteiger partial charge on any atom is -0.405 e. The Morgan fingerprint density at radius 2 is 1.90 bits per heavy atom. The predicted molar refractivity (Wildman–Crippen MR) is 108 cm³/mol. The van der Waals surface area contributed by atoms with Gasteiger partial charge < -0.3 is 14.8 Å². The zero-order valence-electron chi connectivity index (χ0n) is 15.8. The van der Waals surface area contributed by atoms with Crippen molar-refractivity contribution in [3.05, 3.63) is 65.7 Å². The van der Waals surface area contributed by atoms with Crippen LogP contribution in [0.2, 0.25) is 0 Å². The molecule has 4 rings (SSSR count). The van der Waals surface area contributed by atoms with Crippen molar-refractivity contribution >= 4 is 22.8 Å². The molecule has 158 valence electrons. The summed E-state index contributed by atoms with van der Waals surface area (Å²) in [6.45, 7) is 0.724. The molecular formula is C21H19F3N2O3S. The molecule has 1 saturated heterocycles. The van der Waals surface area contributed by atoms with Crippen LogP contribution in [-0.4, -0.2) is 36.4 Å². The van der Waals surface area contributed by atoms with Gasteiger partial charge in [-0.05, 0) is 18.2 Å². The Morgan fingerprint density at radius 1 is 1.17 bits per heavy atom. The first-order valence-electron chi connectivity index (χ1n) is 9.39. The quantitative estimate of drug-likeness (QED) is 0.777. The molecule has 1 N–H and O–H groups in total. The Labute approximate surface area is 175 Å². The molecule has 1 unspecified atom stereocenters. The molecule has 2 aromatic rings. The highest BCUT2D eigenvalue weighted by Crippen LogP contribution is 2.48. The number of amidine groups is 1. The molecule has 2 aliphatic rings. The number of hydrogen-bond donors (Lipinski definition) is 1. The Balaban J connectivity index is 1.71. The standard InChI is InChI=1S/C21H19F3N2O3S/c22-21(23,24)29-17-9-5-4-8-16(17)20-10-11-28-12-15(20)13-30-19(26-20)25-18(27)14-6-2-1-3-7-14/h1-9,15H,10-13H2,(H,25,26,27)/t15?,20-/m0/s1. The van der Waals surface area contributed by atoms with Gasteiger partial charge in [0.2, 0.25) is 0 Å². The van der Waals surface area contributed by atoms with Crippen LogP contribution in [0, 0.1) is 5.92 Å². The van der Waals surface area contributed by atoms with Gasteiger partial charge in [0.15, 0.2) is 5.17 Å². The van der Waals surface area contributed by atoms with Gasteiger partial charge in [0.1, 0.15) is 11.3 Å². The lowest BCUT2D eigenvalue weighted by atomic mass is 9.75. The van der Waals surface area contributed by atoms with Crippen molar-refractivity contribution in [2.75, 3.05) is 19.0 Å². The minimum atomic E-state index is -4.81. The van der Waals surface area contributed by atoms with Gasteiger partial charge in [-0.2, -0.15) is 0 Å². The van der Waals surface area contributed by atoms with E-state index in [-0.39, 0.29) is 17.6 Å². The smallest absolute Gasteiger partial charge is 0.405 e. The Hall–Kier alpha value is -2.52. The van der Waals surface area contributed by atoms with Crippen LogP contribution in [0.15, 0.2) is 59.6 Å². The second-order valence-corrected chi connectivity index (χ2v) is 8.05. The third-order valence-corrected chi connectivity index (χ3v) is 6.22. The molecular weight excluding hydrogens is 417 g/mol. The van der Waals surface area contributed by atoms with E-state index < -0.39 is 11.9 Å². The van der Waals surface area contributed by atoms with Gasteiger partial charge in [-0.25, -0.2) is 0 Å². The molecule has 1 fully saturated rings. The summed E-state index contributed by atoms with van der Waals surface area (Å²) in [7, 11) is 0. The molecule has 9 heteroatoms. The number of fused-ring (bicyclic) bond motifs is 1. The number of amides is 1. The van der Waals surface area contributed by atoms with Gasteiger partial charge in [-0.3, -0.25) is 9.79 Å². The number of halogens is 3. The maximum atomic E-state index is 13.0. The maximum Gasteiger partial charge on any atom is 0.573 e. The molecule has 2 aromatic carbocycles. The lowest BCUT2D eigenvalue weighted by Gasteiger charge is -2.44. The highest BCUT2D eigenvalue weighted by Gasteiger charge is 2.48. The second-order valence-electron chi connectivity index (χ2n) is 7.04. The van der Waals surface area contributed by atoms with Crippen molar-refractivity contribution in [1.29, 1.82) is 0 Å². The van der Waals surface area contributed by atoms with Crippen molar-refractivity contribution in [2.24, 2.45) is 10.9 Å². The van der Waals surface area contributed by atoms with Crippen LogP contribution in [0.3, 0.4) is 0 Å². The fourth-order valence-electron chi connectivity index (χ4n) is 3.80. The first-order valence-corrected chi connectivity index (χ1v) is 10.4. The average Bonchev–Trinajstić information content (AvgIpc) is 2.73. The molecule has 2 atom stereocenters. The summed E-state index contributed by atoms with van der Waals surface area (Å²) in [4.78, 5) is 17.3. The van der Waals surface area contributed by atoms with E-state index in [1.54, 1.807) is 36.4 Å². The largest absolute Gasteiger partial charge is 0.573 e. The third kappa shape index (κ3) is 4.32. The predicted octanol–water partition coefficient (Wildman–Crippen LogP) is 4.35. The van der Waals surface area contributed by atoms with E-state index in [9.17, 15) is 18.0 Å². The maximum absolute atomic E-state index is 13.0. The lowest BCUT2D eigenvalue weighted by Crippen LogP contribution is -2.48. The summed E-state index contributed by atoms with van der Waals surface area (Å²) < 4.78 is 48.9. The summed E-state index contributed by atoms with van der Waals surface area (Å²) in [6.07, 6.45) is -4.42. The van der Waals surface area contributed by atoms with Crippen LogP contribution in [-0.2, 0) is 10.3 Å². The molecule has 5 nitrogen and oxygen atoms in total. The van der Waals surface area contributed by atoms with Gasteiger partial charge in [0, 0.05) is 35.8 Å². The zero-order chi connectivity index (χ0) is 21.2. The molecule has 0 saturated carbocycles. The molecule has 0 spiro atoms. The number of aliphatic imine (C=N–C) groups is 1. The number of nitrogens with one attached hydrogen (secondary N) is 1. The molecule has 0 aliphatic carbocycles. The molecule has 1 amide bonds. The van der Waals surface area contributed by atoms with Gasteiger partial charge in [-0.1, -0.05) is 48.2 Å². The number of nitrogens with zero attached hydrogens (tertiary/aromatic N) is 1. The van der Waals surface area contributed by atoms with Gasteiger partial charge in [0.05, 0.1) is 6.61 Å². The fourth-order valence-corrected chi connectivity index (χ4v) is 4.92. The minimum absolute atomic E-state index is 0.147. The molecule has 0 bridgehead atoms. The Morgan fingerprint density at radius 3 is 2.67 bits per heavy atom. The number of carbonyl (C=O) groups is 1. The molecule has 2 aliphatic heterocycles. The van der Waals surface area contributed by atoms with Gasteiger partial charge in [-0.15, -0.1) is 13.2 Å². The van der Waals surface area contributed by atoms with E-state index in [0.29, 0.717) is 41.7 Å². The van der Waals surface area contributed by atoms with Gasteiger partial charge >= 0.3 is 6.36 Å². The topological polar surface area (TPSA) is 59.9 Å². The van der Waals surface area contributed by atoms with Crippen molar-refractivity contribution in [2.45, 2.75) is 18.3 Å². The van der Waals surface area contributed by atoms with E-state index in [2.05, 4.69) is 10.1 Å². The number of alkyl halides is 3. The number of carbonyl (C=O) groups excluding carboxylic acids is 1. The van der Waals surface area contributed by atoms with E-state index >= 15 is 0 Å². The molecule has 0 radical (unpaired) electrons. The van der Waals surface area contributed by atoms with Crippen LogP contribution in [0.5, 0.6) is 5.75 Å². The summed E-state index contributed by atoms with van der Waals surface area (Å²) in [5.41, 5.74) is -0.142. The van der Waals surface area contributed by atoms with Crippen LogP contribution >= 0.6 is 11.8 Å². The summed E-state index contributed by atoms with van der Waals surface area (Å²) in [5.74, 6) is -0.191. The van der Waals surface area contributed by atoms with E-state index in [1.165, 1.54) is 23.9 Å². The number of hydrogen-bond acceptors (Lipinski definition) is 5. The lowest BCUT2D eigenvalue weighted by molar-refractivity contribution is -0.275. The number of benzene rings is 2. The molecule has 2 heterocycles. The first-order chi connectivity index (χ1) is 14.4. The van der Waals surface area contributed by atoms with Crippen LogP contribution < -0.4 is 10.1 Å². The third-order valence-electron chi connectivity index (χ3n) is 5.18. The van der Waals surface area contributed by atoms with E-state index in [0.717, 1.165) is 0 Å². The van der Waals surface area contributed by atoms with Gasteiger partial charge in [0.25, 0.3) is 5.91 Å². The summed E-state index contributed by atoms with van der Waals surface area (Å²) >= 11 is 1.36. The normalized spacial score (nSPS) is 23.8. The van der Waals surface area contributed by atoms with Crippen molar-refractivity contribution in [3.8, 4) is 5.75 Å². The number of para-hydroxylation sites is 1. The van der Waals surface area contributed by atoms with E-state index in [4.69, 9.17) is 9.73 Å². The van der Waals surface area contributed by atoms with Crippen LogP contribution in [0.4, 0.5) is 13.2 Å². The van der Waals surface area contributed by atoms with Crippen molar-refractivity contribution in [1.82, 2.24) is 5.32 Å². The number of thioether (sulfide) groups is 1. The van der Waals surface area contributed by atoms with E-state index in [1.807, 2.05) is 6.07 Å².